The van der Waals surface area contributed by atoms with Crippen molar-refractivity contribution in [3.63, 3.8) is 0 Å². The topological polar surface area (TPSA) is 98.2 Å². The zero-order valence-electron chi connectivity index (χ0n) is 14.9. The molecule has 0 aliphatic heterocycles. The Morgan fingerprint density at radius 2 is 1.59 bits per heavy atom. The van der Waals surface area contributed by atoms with Crippen LogP contribution in [0, 0.1) is 5.82 Å². The molecule has 8 nitrogen and oxygen atoms in total. The monoisotopic (exact) mass is 375 g/mol. The molecule has 0 aliphatic carbocycles. The van der Waals surface area contributed by atoms with Gasteiger partial charge in [0.05, 0.1) is 27.5 Å². The van der Waals surface area contributed by atoms with E-state index in [0.717, 1.165) is 12.1 Å². The van der Waals surface area contributed by atoms with Crippen LogP contribution < -0.4 is 25.0 Å². The van der Waals surface area contributed by atoms with Crippen molar-refractivity contribution in [2.45, 2.75) is 0 Å². The number of anilines is 1. The Kier molecular flexibility index (Phi) is 6.70. The largest absolute Gasteiger partial charge is 0.493 e. The third-order valence-electron chi connectivity index (χ3n) is 3.41. The lowest BCUT2D eigenvalue weighted by molar-refractivity contribution is -0.136. The number of nitrogens with one attached hydrogen (secondary N) is 2. The molecule has 27 heavy (non-hydrogen) atoms. The van der Waals surface area contributed by atoms with Gasteiger partial charge < -0.3 is 19.5 Å². The maximum absolute atomic E-state index is 12.8. The van der Waals surface area contributed by atoms with Crippen molar-refractivity contribution in [2.24, 2.45) is 5.10 Å². The highest BCUT2D eigenvalue weighted by atomic mass is 19.1. The predicted octanol–water partition coefficient (Wildman–Crippen LogP) is 1.94. The van der Waals surface area contributed by atoms with Crippen LogP contribution in [-0.2, 0) is 9.59 Å². The first-order chi connectivity index (χ1) is 13.0. The smallest absolute Gasteiger partial charge is 0.329 e. The molecule has 2 rings (SSSR count). The standard InChI is InChI=1S/C18H18FN3O5/c1-25-14-9-4-11(15(26-2)16(14)27-3)10-20-22-18(24)17(23)21-13-7-5-12(19)6-8-13/h4-10H,1-3H3,(H,21,23)(H,22,24)/b20-10-. The molecule has 0 saturated carbocycles. The summed E-state index contributed by atoms with van der Waals surface area (Å²) in [6.45, 7) is 0. The fraction of sp³-hybridized carbons (Fsp3) is 0.167. The van der Waals surface area contributed by atoms with Crippen molar-refractivity contribution in [3.8, 4) is 17.2 Å². The highest BCUT2D eigenvalue weighted by molar-refractivity contribution is 6.39. The van der Waals surface area contributed by atoms with Gasteiger partial charge in [-0.05, 0) is 36.4 Å². The number of hydrogen-bond donors (Lipinski definition) is 2. The molecule has 2 N–H and O–H groups in total. The molecule has 2 aromatic rings. The molecule has 0 fully saturated rings. The van der Waals surface area contributed by atoms with Gasteiger partial charge in [0.2, 0.25) is 5.75 Å². The highest BCUT2D eigenvalue weighted by Crippen LogP contribution is 2.38. The Morgan fingerprint density at radius 1 is 0.926 bits per heavy atom. The van der Waals surface area contributed by atoms with E-state index in [4.69, 9.17) is 14.2 Å². The molecule has 0 aromatic heterocycles. The summed E-state index contributed by atoms with van der Waals surface area (Å²) in [6.07, 6.45) is 1.30. The molecular formula is C18H18FN3O5. The molecule has 0 heterocycles. The summed E-state index contributed by atoms with van der Waals surface area (Å²) in [5.41, 5.74) is 2.87. The second-order valence-corrected chi connectivity index (χ2v) is 5.08. The number of methoxy groups -OCH3 is 3. The van der Waals surface area contributed by atoms with Gasteiger partial charge in [-0.3, -0.25) is 9.59 Å². The second-order valence-electron chi connectivity index (χ2n) is 5.08. The molecular weight excluding hydrogens is 357 g/mol. The second kappa shape index (κ2) is 9.18. The maximum Gasteiger partial charge on any atom is 0.329 e. The van der Waals surface area contributed by atoms with Gasteiger partial charge in [-0.25, -0.2) is 9.82 Å². The fourth-order valence-corrected chi connectivity index (χ4v) is 2.16. The van der Waals surface area contributed by atoms with Crippen molar-refractivity contribution < 1.29 is 28.2 Å². The number of ether oxygens (including phenoxy) is 3. The Bertz CT molecular complexity index is 853. The minimum Gasteiger partial charge on any atom is -0.493 e. The molecule has 2 amide bonds. The zero-order valence-corrected chi connectivity index (χ0v) is 14.9. The van der Waals surface area contributed by atoms with Crippen LogP contribution >= 0.6 is 0 Å². The number of carbonyl (C=O) groups excluding carboxylic acids is 2. The van der Waals surface area contributed by atoms with E-state index in [1.807, 2.05) is 0 Å². The van der Waals surface area contributed by atoms with Gasteiger partial charge in [0.15, 0.2) is 11.5 Å². The van der Waals surface area contributed by atoms with Crippen LogP contribution in [0.2, 0.25) is 0 Å². The van der Waals surface area contributed by atoms with E-state index in [2.05, 4.69) is 15.8 Å². The summed E-state index contributed by atoms with van der Waals surface area (Å²) >= 11 is 0. The molecule has 2 aromatic carbocycles. The summed E-state index contributed by atoms with van der Waals surface area (Å²) in [5.74, 6) is -1.21. The fourth-order valence-electron chi connectivity index (χ4n) is 2.16. The molecule has 0 unspecified atom stereocenters. The third-order valence-corrected chi connectivity index (χ3v) is 3.41. The van der Waals surface area contributed by atoms with E-state index in [1.54, 1.807) is 12.1 Å². The molecule has 0 saturated heterocycles. The van der Waals surface area contributed by atoms with Crippen molar-refractivity contribution in [1.29, 1.82) is 0 Å². The average molecular weight is 375 g/mol. The Morgan fingerprint density at radius 3 is 2.19 bits per heavy atom. The van der Waals surface area contributed by atoms with Crippen LogP contribution in [0.3, 0.4) is 0 Å². The van der Waals surface area contributed by atoms with Crippen molar-refractivity contribution in [2.75, 3.05) is 26.6 Å². The summed E-state index contributed by atoms with van der Waals surface area (Å²) in [4.78, 5) is 23.6. The highest BCUT2D eigenvalue weighted by Gasteiger charge is 2.16. The number of benzene rings is 2. The molecule has 0 atom stereocenters. The third kappa shape index (κ3) is 4.94. The van der Waals surface area contributed by atoms with Gasteiger partial charge >= 0.3 is 11.8 Å². The van der Waals surface area contributed by atoms with Gasteiger partial charge in [-0.15, -0.1) is 0 Å². The first-order valence-electron chi connectivity index (χ1n) is 7.69. The van der Waals surface area contributed by atoms with Crippen LogP contribution in [0.4, 0.5) is 10.1 Å². The number of nitrogens with zero attached hydrogens (tertiary/aromatic N) is 1. The van der Waals surface area contributed by atoms with Gasteiger partial charge in [-0.2, -0.15) is 5.10 Å². The lowest BCUT2D eigenvalue weighted by atomic mass is 10.2. The summed E-state index contributed by atoms with van der Waals surface area (Å²) in [5, 5.41) is 6.06. The summed E-state index contributed by atoms with van der Waals surface area (Å²) in [6, 6.07) is 8.28. The Balaban J connectivity index is 2.05. The average Bonchev–Trinajstić information content (AvgIpc) is 2.68. The van der Waals surface area contributed by atoms with E-state index in [9.17, 15) is 14.0 Å². The van der Waals surface area contributed by atoms with Crippen molar-refractivity contribution >= 4 is 23.7 Å². The molecule has 9 heteroatoms. The van der Waals surface area contributed by atoms with Crippen LogP contribution in [0.1, 0.15) is 5.56 Å². The normalized spacial score (nSPS) is 10.4. The Labute approximate surface area is 154 Å². The Hall–Kier alpha value is -3.62. The van der Waals surface area contributed by atoms with Crippen molar-refractivity contribution in [3.05, 3.63) is 47.8 Å². The van der Waals surface area contributed by atoms with E-state index < -0.39 is 17.6 Å². The predicted molar refractivity (Wildman–Crippen MR) is 96.9 cm³/mol. The van der Waals surface area contributed by atoms with E-state index >= 15 is 0 Å². The summed E-state index contributed by atoms with van der Waals surface area (Å²) in [7, 11) is 4.40. The van der Waals surface area contributed by atoms with E-state index in [-0.39, 0.29) is 5.69 Å². The number of hydrazone groups is 1. The minimum absolute atomic E-state index is 0.280. The number of amides is 2. The first kappa shape index (κ1) is 19.7. The van der Waals surface area contributed by atoms with E-state index in [0.29, 0.717) is 22.8 Å². The van der Waals surface area contributed by atoms with Crippen molar-refractivity contribution in [1.82, 2.24) is 5.43 Å². The van der Waals surface area contributed by atoms with Crippen LogP contribution in [0.15, 0.2) is 41.5 Å². The van der Waals surface area contributed by atoms with Gasteiger partial charge in [-0.1, -0.05) is 0 Å². The maximum atomic E-state index is 12.8. The van der Waals surface area contributed by atoms with Crippen LogP contribution in [0.25, 0.3) is 0 Å². The van der Waals surface area contributed by atoms with Crippen LogP contribution in [0.5, 0.6) is 17.2 Å². The molecule has 0 bridgehead atoms. The number of carbonyl (C=O) groups is 2. The SMILES string of the molecule is COc1ccc(/C=N\NC(=O)C(=O)Nc2ccc(F)cc2)c(OC)c1OC. The lowest BCUT2D eigenvalue weighted by Gasteiger charge is -2.13. The molecule has 142 valence electrons. The lowest BCUT2D eigenvalue weighted by Crippen LogP contribution is -2.32. The molecule has 0 aliphatic rings. The first-order valence-corrected chi connectivity index (χ1v) is 7.69. The van der Waals surface area contributed by atoms with Gasteiger partial charge in [0.1, 0.15) is 5.82 Å². The van der Waals surface area contributed by atoms with Gasteiger partial charge in [0, 0.05) is 11.3 Å². The minimum atomic E-state index is -0.991. The van der Waals surface area contributed by atoms with Gasteiger partial charge in [0.25, 0.3) is 0 Å². The molecule has 0 spiro atoms. The number of hydrogen-bond acceptors (Lipinski definition) is 6. The van der Waals surface area contributed by atoms with Crippen LogP contribution in [-0.4, -0.2) is 39.4 Å². The van der Waals surface area contributed by atoms with E-state index in [1.165, 1.54) is 39.7 Å². The quantitative estimate of drug-likeness (QED) is 0.457. The summed E-state index contributed by atoms with van der Waals surface area (Å²) < 4.78 is 28.5. The number of rotatable bonds is 6. The number of halogens is 1. The molecule has 0 radical (unpaired) electrons. The zero-order chi connectivity index (χ0) is 19.8.